The van der Waals surface area contributed by atoms with Crippen molar-refractivity contribution in [3.63, 3.8) is 0 Å². The first kappa shape index (κ1) is 15.1. The van der Waals surface area contributed by atoms with Crippen LogP contribution in [0.1, 0.15) is 18.2 Å². The molecular formula is C15H20BrN3O. The van der Waals surface area contributed by atoms with Crippen molar-refractivity contribution in [1.82, 2.24) is 15.1 Å². The van der Waals surface area contributed by atoms with Crippen LogP contribution in [0, 0.1) is 6.92 Å². The Kier molecular flexibility index (Phi) is 5.61. The van der Waals surface area contributed by atoms with E-state index in [1.54, 1.807) is 0 Å². The second kappa shape index (κ2) is 7.45. The standard InChI is InChI=1S/C15H20BrN3O/c1-3-17-10-13-11-19(18-12(13)2)7-8-20-15-6-4-5-14(16)9-15/h4-6,9,11,17H,3,7-8,10H2,1-2H3. The highest BCUT2D eigenvalue weighted by atomic mass is 79.9. The van der Waals surface area contributed by atoms with Gasteiger partial charge in [-0.1, -0.05) is 28.9 Å². The van der Waals surface area contributed by atoms with Crippen LogP contribution in [0.15, 0.2) is 34.9 Å². The highest BCUT2D eigenvalue weighted by Crippen LogP contribution is 2.17. The van der Waals surface area contributed by atoms with Crippen molar-refractivity contribution in [1.29, 1.82) is 0 Å². The van der Waals surface area contributed by atoms with Gasteiger partial charge in [0, 0.05) is 22.8 Å². The first-order valence-electron chi connectivity index (χ1n) is 6.81. The molecule has 0 unspecified atom stereocenters. The van der Waals surface area contributed by atoms with Crippen molar-refractivity contribution in [3.8, 4) is 5.75 Å². The van der Waals surface area contributed by atoms with E-state index in [4.69, 9.17) is 4.74 Å². The minimum Gasteiger partial charge on any atom is -0.492 e. The molecule has 0 aliphatic heterocycles. The summed E-state index contributed by atoms with van der Waals surface area (Å²) in [5, 5.41) is 7.82. The van der Waals surface area contributed by atoms with E-state index in [2.05, 4.69) is 39.5 Å². The Bertz CT molecular complexity index is 554. The smallest absolute Gasteiger partial charge is 0.120 e. The largest absolute Gasteiger partial charge is 0.492 e. The fourth-order valence-corrected chi connectivity index (χ4v) is 2.30. The summed E-state index contributed by atoms with van der Waals surface area (Å²) in [5.41, 5.74) is 2.32. The van der Waals surface area contributed by atoms with Gasteiger partial charge in [-0.05, 0) is 31.7 Å². The summed E-state index contributed by atoms with van der Waals surface area (Å²) >= 11 is 3.43. The molecule has 1 heterocycles. The normalized spacial score (nSPS) is 10.8. The second-order valence-corrected chi connectivity index (χ2v) is 5.50. The molecule has 0 bridgehead atoms. The maximum Gasteiger partial charge on any atom is 0.120 e. The van der Waals surface area contributed by atoms with Crippen molar-refractivity contribution in [2.24, 2.45) is 0 Å². The van der Waals surface area contributed by atoms with Crippen LogP contribution in [0.2, 0.25) is 0 Å². The van der Waals surface area contributed by atoms with E-state index in [1.165, 1.54) is 5.56 Å². The summed E-state index contributed by atoms with van der Waals surface area (Å²) in [6, 6.07) is 7.86. The van der Waals surface area contributed by atoms with Crippen molar-refractivity contribution in [2.75, 3.05) is 13.2 Å². The molecule has 2 rings (SSSR count). The number of aryl methyl sites for hydroxylation is 1. The number of hydrogen-bond acceptors (Lipinski definition) is 3. The van der Waals surface area contributed by atoms with Crippen molar-refractivity contribution in [3.05, 3.63) is 46.2 Å². The molecule has 0 aliphatic rings. The molecule has 0 spiro atoms. The molecule has 1 N–H and O–H groups in total. The molecule has 108 valence electrons. The SMILES string of the molecule is CCNCc1cn(CCOc2cccc(Br)c2)nc1C. The molecule has 0 radical (unpaired) electrons. The third kappa shape index (κ3) is 4.35. The van der Waals surface area contributed by atoms with Crippen LogP contribution in [0.4, 0.5) is 0 Å². The first-order chi connectivity index (χ1) is 9.69. The minimum absolute atomic E-state index is 0.609. The Morgan fingerprint density at radius 1 is 1.40 bits per heavy atom. The highest BCUT2D eigenvalue weighted by molar-refractivity contribution is 9.10. The Balaban J connectivity index is 1.85. The van der Waals surface area contributed by atoms with Gasteiger partial charge in [0.05, 0.1) is 12.2 Å². The maximum atomic E-state index is 5.71. The molecule has 0 saturated carbocycles. The fourth-order valence-electron chi connectivity index (χ4n) is 1.92. The number of ether oxygens (including phenoxy) is 1. The number of hydrogen-bond donors (Lipinski definition) is 1. The molecule has 20 heavy (non-hydrogen) atoms. The molecule has 2 aromatic rings. The molecule has 4 nitrogen and oxygen atoms in total. The lowest BCUT2D eigenvalue weighted by Crippen LogP contribution is -2.12. The van der Waals surface area contributed by atoms with Crippen LogP contribution in [-0.4, -0.2) is 22.9 Å². The van der Waals surface area contributed by atoms with Gasteiger partial charge >= 0.3 is 0 Å². The van der Waals surface area contributed by atoms with Crippen molar-refractivity contribution in [2.45, 2.75) is 26.9 Å². The number of halogens is 1. The Labute approximate surface area is 128 Å². The molecule has 0 amide bonds. The van der Waals surface area contributed by atoms with Gasteiger partial charge in [0.15, 0.2) is 0 Å². The Morgan fingerprint density at radius 2 is 2.25 bits per heavy atom. The molecule has 1 aromatic heterocycles. The zero-order valence-corrected chi connectivity index (χ0v) is 13.5. The lowest BCUT2D eigenvalue weighted by molar-refractivity contribution is 0.291. The van der Waals surface area contributed by atoms with Gasteiger partial charge in [0.25, 0.3) is 0 Å². The average Bonchev–Trinajstić information content (AvgIpc) is 2.77. The summed E-state index contributed by atoms with van der Waals surface area (Å²) in [5.74, 6) is 0.871. The number of nitrogens with zero attached hydrogens (tertiary/aromatic N) is 2. The van der Waals surface area contributed by atoms with E-state index >= 15 is 0 Å². The van der Waals surface area contributed by atoms with Gasteiger partial charge < -0.3 is 10.1 Å². The average molecular weight is 338 g/mol. The lowest BCUT2D eigenvalue weighted by atomic mass is 10.2. The summed E-state index contributed by atoms with van der Waals surface area (Å²) in [6.07, 6.45) is 2.09. The van der Waals surface area contributed by atoms with Crippen LogP contribution in [0.25, 0.3) is 0 Å². The zero-order valence-electron chi connectivity index (χ0n) is 11.9. The van der Waals surface area contributed by atoms with E-state index in [-0.39, 0.29) is 0 Å². The highest BCUT2D eigenvalue weighted by Gasteiger charge is 2.04. The van der Waals surface area contributed by atoms with Crippen molar-refractivity contribution >= 4 is 15.9 Å². The topological polar surface area (TPSA) is 39.1 Å². The van der Waals surface area contributed by atoms with Gasteiger partial charge in [-0.25, -0.2) is 0 Å². The Morgan fingerprint density at radius 3 is 3.00 bits per heavy atom. The number of rotatable bonds is 7. The van der Waals surface area contributed by atoms with E-state index in [0.717, 1.165) is 35.6 Å². The molecule has 0 atom stereocenters. The molecular weight excluding hydrogens is 318 g/mol. The van der Waals surface area contributed by atoms with E-state index < -0.39 is 0 Å². The summed E-state index contributed by atoms with van der Waals surface area (Å²) in [4.78, 5) is 0. The third-order valence-corrected chi connectivity index (χ3v) is 3.49. The third-order valence-electron chi connectivity index (χ3n) is 3.00. The molecule has 1 aromatic carbocycles. The van der Waals surface area contributed by atoms with E-state index in [1.807, 2.05) is 35.9 Å². The van der Waals surface area contributed by atoms with E-state index in [0.29, 0.717) is 6.61 Å². The fraction of sp³-hybridized carbons (Fsp3) is 0.400. The quantitative estimate of drug-likeness (QED) is 0.843. The predicted octanol–water partition coefficient (Wildman–Crippen LogP) is 3.14. The lowest BCUT2D eigenvalue weighted by Gasteiger charge is -2.06. The Hall–Kier alpha value is -1.33. The summed E-state index contributed by atoms with van der Waals surface area (Å²) in [6.45, 7) is 7.34. The van der Waals surface area contributed by atoms with Gasteiger partial charge in [0.2, 0.25) is 0 Å². The predicted molar refractivity (Wildman–Crippen MR) is 84.0 cm³/mol. The molecule has 0 aliphatic carbocycles. The zero-order chi connectivity index (χ0) is 14.4. The second-order valence-electron chi connectivity index (χ2n) is 4.59. The molecule has 0 fully saturated rings. The summed E-state index contributed by atoms with van der Waals surface area (Å²) < 4.78 is 8.68. The maximum absolute atomic E-state index is 5.71. The van der Waals surface area contributed by atoms with Crippen LogP contribution < -0.4 is 10.1 Å². The minimum atomic E-state index is 0.609. The molecule has 5 heteroatoms. The van der Waals surface area contributed by atoms with Gasteiger partial charge in [-0.15, -0.1) is 0 Å². The van der Waals surface area contributed by atoms with Gasteiger partial charge in [0.1, 0.15) is 12.4 Å². The van der Waals surface area contributed by atoms with Gasteiger partial charge in [-0.2, -0.15) is 5.10 Å². The number of benzene rings is 1. The summed E-state index contributed by atoms with van der Waals surface area (Å²) in [7, 11) is 0. The first-order valence-corrected chi connectivity index (χ1v) is 7.60. The van der Waals surface area contributed by atoms with Crippen molar-refractivity contribution < 1.29 is 4.74 Å². The van der Waals surface area contributed by atoms with Crippen LogP contribution in [0.5, 0.6) is 5.75 Å². The van der Waals surface area contributed by atoms with Crippen LogP contribution >= 0.6 is 15.9 Å². The number of aromatic nitrogens is 2. The number of nitrogens with one attached hydrogen (secondary N) is 1. The monoisotopic (exact) mass is 337 g/mol. The van der Waals surface area contributed by atoms with E-state index in [9.17, 15) is 0 Å². The van der Waals surface area contributed by atoms with Gasteiger partial charge in [-0.3, -0.25) is 4.68 Å². The van der Waals surface area contributed by atoms with Crippen LogP contribution in [-0.2, 0) is 13.1 Å². The molecule has 0 saturated heterocycles. The van der Waals surface area contributed by atoms with Crippen LogP contribution in [0.3, 0.4) is 0 Å².